The van der Waals surface area contributed by atoms with Gasteiger partial charge in [0.05, 0.1) is 12.7 Å². The zero-order chi connectivity index (χ0) is 13.0. The van der Waals surface area contributed by atoms with Gasteiger partial charge in [-0.1, -0.05) is 0 Å². The van der Waals surface area contributed by atoms with Crippen LogP contribution in [0.25, 0.3) is 0 Å². The van der Waals surface area contributed by atoms with Gasteiger partial charge in [0, 0.05) is 32.0 Å². The molecule has 1 atom stereocenters. The lowest BCUT2D eigenvalue weighted by atomic mass is 10.1. The summed E-state index contributed by atoms with van der Waals surface area (Å²) in [7, 11) is 1.34. The molecular weight excluding hydrogens is 234 g/mol. The molecule has 1 amide bonds. The van der Waals surface area contributed by atoms with Crippen LogP contribution < -0.4 is 5.32 Å². The van der Waals surface area contributed by atoms with Crippen molar-refractivity contribution >= 4 is 11.9 Å². The van der Waals surface area contributed by atoms with E-state index in [0.717, 1.165) is 0 Å². The summed E-state index contributed by atoms with van der Waals surface area (Å²) in [6, 6.07) is 2.97. The van der Waals surface area contributed by atoms with Gasteiger partial charge in [-0.15, -0.1) is 0 Å². The first kappa shape index (κ1) is 12.5. The summed E-state index contributed by atoms with van der Waals surface area (Å²) in [5, 5.41) is 3.02. The van der Waals surface area contributed by atoms with Crippen molar-refractivity contribution < 1.29 is 14.3 Å². The molecule has 0 saturated carbocycles. The molecule has 1 saturated heterocycles. The summed E-state index contributed by atoms with van der Waals surface area (Å²) in [5.74, 6) is -0.461. The Balaban J connectivity index is 2.05. The maximum atomic E-state index is 12.2. The number of amides is 1. The smallest absolute Gasteiger partial charge is 0.324 e. The van der Waals surface area contributed by atoms with Gasteiger partial charge in [-0.05, 0) is 12.1 Å². The molecule has 6 nitrogen and oxygen atoms in total. The number of rotatable bonds is 2. The average Bonchev–Trinajstić information content (AvgIpc) is 2.46. The average molecular weight is 249 g/mol. The Morgan fingerprint density at radius 2 is 2.39 bits per heavy atom. The van der Waals surface area contributed by atoms with Crippen molar-refractivity contribution in [2.24, 2.45) is 0 Å². The molecule has 0 aromatic carbocycles. The molecule has 2 heterocycles. The highest BCUT2D eigenvalue weighted by Gasteiger charge is 2.28. The number of hydrogen-bond donors (Lipinski definition) is 1. The Bertz CT molecular complexity index is 435. The molecule has 1 N–H and O–H groups in total. The zero-order valence-electron chi connectivity index (χ0n) is 10.1. The number of nitrogens with one attached hydrogen (secondary N) is 1. The molecule has 0 radical (unpaired) electrons. The first-order valence-corrected chi connectivity index (χ1v) is 5.73. The molecule has 2 rings (SSSR count). The van der Waals surface area contributed by atoms with E-state index in [2.05, 4.69) is 15.0 Å². The van der Waals surface area contributed by atoms with Gasteiger partial charge in [-0.25, -0.2) is 0 Å². The summed E-state index contributed by atoms with van der Waals surface area (Å²) in [4.78, 5) is 29.1. The molecular formula is C12H15N3O3. The van der Waals surface area contributed by atoms with Gasteiger partial charge < -0.3 is 15.0 Å². The van der Waals surface area contributed by atoms with Crippen LogP contribution in [0, 0.1) is 0 Å². The van der Waals surface area contributed by atoms with Crippen molar-refractivity contribution in [3.05, 3.63) is 30.1 Å². The van der Waals surface area contributed by atoms with Crippen LogP contribution in [0.1, 0.15) is 10.4 Å². The molecule has 1 fully saturated rings. The van der Waals surface area contributed by atoms with E-state index in [-0.39, 0.29) is 11.9 Å². The first-order valence-electron chi connectivity index (χ1n) is 5.73. The summed E-state index contributed by atoms with van der Waals surface area (Å²) < 4.78 is 4.67. The molecule has 0 spiro atoms. The maximum absolute atomic E-state index is 12.2. The normalized spacial score (nSPS) is 19.4. The minimum Gasteiger partial charge on any atom is -0.468 e. The van der Waals surface area contributed by atoms with Crippen molar-refractivity contribution in [3.63, 3.8) is 0 Å². The standard InChI is InChI=1S/C12H15N3O3/c1-18-12(17)10-8-15(6-5-14-10)11(16)9-3-2-4-13-7-9/h2-4,7,10,14H,5-6,8H2,1H3. The highest BCUT2D eigenvalue weighted by atomic mass is 16.5. The van der Waals surface area contributed by atoms with Crippen LogP contribution in [-0.4, -0.2) is 54.5 Å². The van der Waals surface area contributed by atoms with Crippen LogP contribution in [0.5, 0.6) is 0 Å². The second-order valence-corrected chi connectivity index (χ2v) is 4.02. The summed E-state index contributed by atoms with van der Waals surface area (Å²) >= 11 is 0. The van der Waals surface area contributed by atoms with Crippen molar-refractivity contribution in [1.82, 2.24) is 15.2 Å². The van der Waals surface area contributed by atoms with Crippen LogP contribution in [0.4, 0.5) is 0 Å². The Morgan fingerprint density at radius 3 is 3.06 bits per heavy atom. The maximum Gasteiger partial charge on any atom is 0.324 e. The minimum atomic E-state index is -0.454. The van der Waals surface area contributed by atoms with E-state index in [0.29, 0.717) is 25.2 Å². The SMILES string of the molecule is COC(=O)C1CN(C(=O)c2cccnc2)CCN1. The fourth-order valence-electron chi connectivity index (χ4n) is 1.91. The van der Waals surface area contributed by atoms with E-state index in [1.165, 1.54) is 13.3 Å². The van der Waals surface area contributed by atoms with E-state index in [1.807, 2.05) is 0 Å². The zero-order valence-corrected chi connectivity index (χ0v) is 10.1. The highest BCUT2D eigenvalue weighted by Crippen LogP contribution is 2.07. The van der Waals surface area contributed by atoms with E-state index < -0.39 is 6.04 Å². The first-order chi connectivity index (χ1) is 8.72. The van der Waals surface area contributed by atoms with Crippen molar-refractivity contribution in [2.45, 2.75) is 6.04 Å². The Morgan fingerprint density at radius 1 is 1.56 bits per heavy atom. The van der Waals surface area contributed by atoms with E-state index in [4.69, 9.17) is 0 Å². The molecule has 18 heavy (non-hydrogen) atoms. The Hall–Kier alpha value is -1.95. The van der Waals surface area contributed by atoms with E-state index in [1.54, 1.807) is 23.2 Å². The van der Waals surface area contributed by atoms with Gasteiger partial charge in [0.1, 0.15) is 6.04 Å². The number of nitrogens with zero attached hydrogens (tertiary/aromatic N) is 2. The number of carbonyl (C=O) groups is 2. The van der Waals surface area contributed by atoms with Gasteiger partial charge in [-0.3, -0.25) is 14.6 Å². The lowest BCUT2D eigenvalue weighted by Crippen LogP contribution is -2.56. The van der Waals surface area contributed by atoms with Crippen LogP contribution in [0.2, 0.25) is 0 Å². The third kappa shape index (κ3) is 2.65. The minimum absolute atomic E-state index is 0.112. The molecule has 1 aromatic rings. The van der Waals surface area contributed by atoms with Gasteiger partial charge in [0.2, 0.25) is 0 Å². The number of ether oxygens (including phenoxy) is 1. The molecule has 0 bridgehead atoms. The van der Waals surface area contributed by atoms with Gasteiger partial charge >= 0.3 is 5.97 Å². The lowest BCUT2D eigenvalue weighted by Gasteiger charge is -2.32. The second-order valence-electron chi connectivity index (χ2n) is 4.02. The summed E-state index contributed by atoms with van der Waals surface area (Å²) in [6.07, 6.45) is 3.14. The van der Waals surface area contributed by atoms with Crippen LogP contribution in [0.3, 0.4) is 0 Å². The van der Waals surface area contributed by atoms with Crippen molar-refractivity contribution in [1.29, 1.82) is 0 Å². The number of aromatic nitrogens is 1. The van der Waals surface area contributed by atoms with Crippen LogP contribution >= 0.6 is 0 Å². The topological polar surface area (TPSA) is 71.5 Å². The fraction of sp³-hybridized carbons (Fsp3) is 0.417. The molecule has 1 aromatic heterocycles. The third-order valence-electron chi connectivity index (χ3n) is 2.86. The highest BCUT2D eigenvalue weighted by molar-refractivity contribution is 5.94. The molecule has 1 aliphatic heterocycles. The number of esters is 1. The second kappa shape index (κ2) is 5.59. The Labute approximate surface area is 105 Å². The fourth-order valence-corrected chi connectivity index (χ4v) is 1.91. The van der Waals surface area contributed by atoms with Gasteiger partial charge in [-0.2, -0.15) is 0 Å². The van der Waals surface area contributed by atoms with Crippen molar-refractivity contribution in [2.75, 3.05) is 26.7 Å². The number of carbonyl (C=O) groups excluding carboxylic acids is 2. The summed E-state index contributed by atoms with van der Waals surface area (Å²) in [6.45, 7) is 1.47. The van der Waals surface area contributed by atoms with Crippen LogP contribution in [0.15, 0.2) is 24.5 Å². The number of piperazine rings is 1. The predicted molar refractivity (Wildman–Crippen MR) is 63.9 cm³/mol. The molecule has 0 aliphatic carbocycles. The largest absolute Gasteiger partial charge is 0.468 e. The lowest BCUT2D eigenvalue weighted by molar-refractivity contribution is -0.144. The summed E-state index contributed by atoms with van der Waals surface area (Å²) in [5.41, 5.74) is 0.531. The Kier molecular flexibility index (Phi) is 3.88. The van der Waals surface area contributed by atoms with Gasteiger partial charge in [0.25, 0.3) is 5.91 Å². The number of methoxy groups -OCH3 is 1. The number of pyridine rings is 1. The quantitative estimate of drug-likeness (QED) is 0.727. The van der Waals surface area contributed by atoms with E-state index in [9.17, 15) is 9.59 Å². The number of hydrogen-bond acceptors (Lipinski definition) is 5. The third-order valence-corrected chi connectivity index (χ3v) is 2.86. The van der Waals surface area contributed by atoms with Crippen molar-refractivity contribution in [3.8, 4) is 0 Å². The van der Waals surface area contributed by atoms with Crippen LogP contribution in [-0.2, 0) is 9.53 Å². The molecule has 1 unspecified atom stereocenters. The van der Waals surface area contributed by atoms with Gasteiger partial charge in [0.15, 0.2) is 0 Å². The molecule has 6 heteroatoms. The monoisotopic (exact) mass is 249 g/mol. The molecule has 96 valence electrons. The predicted octanol–water partition coefficient (Wildman–Crippen LogP) is -0.331. The van der Waals surface area contributed by atoms with E-state index >= 15 is 0 Å². The molecule has 1 aliphatic rings.